The molecule has 2 aromatic rings. The number of sulfonamides is 1. The van der Waals surface area contributed by atoms with E-state index < -0.39 is 10.0 Å². The third-order valence-electron chi connectivity index (χ3n) is 3.67. The van der Waals surface area contributed by atoms with E-state index in [4.69, 9.17) is 0 Å². The second kappa shape index (κ2) is 8.94. The van der Waals surface area contributed by atoms with Gasteiger partial charge in [-0.25, -0.2) is 8.42 Å². The van der Waals surface area contributed by atoms with E-state index in [9.17, 15) is 13.2 Å². The molecule has 1 amide bonds. The molecule has 0 aliphatic heterocycles. The summed E-state index contributed by atoms with van der Waals surface area (Å²) in [5.74, 6) is -0.187. The number of benzene rings is 1. The highest BCUT2D eigenvalue weighted by molar-refractivity contribution is 7.89. The summed E-state index contributed by atoms with van der Waals surface area (Å²) in [5, 5.41) is 4.77. The number of hydrogen-bond donors (Lipinski definition) is 1. The van der Waals surface area contributed by atoms with Crippen molar-refractivity contribution in [3.63, 3.8) is 0 Å². The Kier molecular flexibility index (Phi) is 6.92. The van der Waals surface area contributed by atoms with Crippen LogP contribution in [0.1, 0.15) is 24.3 Å². The molecule has 0 aliphatic carbocycles. The van der Waals surface area contributed by atoms with Crippen LogP contribution in [-0.2, 0) is 21.4 Å². The first-order valence-corrected chi connectivity index (χ1v) is 10.4. The molecule has 0 aliphatic rings. The Morgan fingerprint density at radius 2 is 1.84 bits per heavy atom. The predicted octanol–water partition coefficient (Wildman–Crippen LogP) is 3.11. The summed E-state index contributed by atoms with van der Waals surface area (Å²) in [6, 6.07) is 10.4. The van der Waals surface area contributed by atoms with Crippen LogP contribution >= 0.6 is 11.3 Å². The Bertz CT molecular complexity index is 807. The summed E-state index contributed by atoms with van der Waals surface area (Å²) in [6.07, 6.45) is 3.11. The first-order valence-electron chi connectivity index (χ1n) is 8.06. The number of nitrogens with one attached hydrogen (secondary N) is 1. The van der Waals surface area contributed by atoms with E-state index in [1.165, 1.54) is 10.4 Å². The molecule has 5 nitrogen and oxygen atoms in total. The molecule has 2 rings (SSSR count). The van der Waals surface area contributed by atoms with Gasteiger partial charge in [-0.05, 0) is 35.2 Å². The molecule has 25 heavy (non-hydrogen) atoms. The Hall–Kier alpha value is -1.96. The summed E-state index contributed by atoms with van der Waals surface area (Å²) in [4.78, 5) is 13.2. The second-order valence-electron chi connectivity index (χ2n) is 5.29. The Balaban J connectivity index is 1.98. The van der Waals surface area contributed by atoms with Gasteiger partial charge in [0.05, 0.1) is 11.4 Å². The summed E-state index contributed by atoms with van der Waals surface area (Å²) in [5.41, 5.74) is 0.768. The van der Waals surface area contributed by atoms with Crippen LogP contribution in [-0.4, -0.2) is 31.7 Å². The third kappa shape index (κ3) is 5.26. The van der Waals surface area contributed by atoms with Gasteiger partial charge in [-0.15, -0.1) is 11.3 Å². The highest BCUT2D eigenvalue weighted by Crippen LogP contribution is 2.16. The van der Waals surface area contributed by atoms with Crippen molar-refractivity contribution in [2.24, 2.45) is 0 Å². The van der Waals surface area contributed by atoms with Gasteiger partial charge in [-0.1, -0.05) is 32.0 Å². The highest BCUT2D eigenvalue weighted by Gasteiger charge is 2.20. The smallest absolute Gasteiger partial charge is 0.244 e. The van der Waals surface area contributed by atoms with Crippen molar-refractivity contribution in [2.75, 3.05) is 13.1 Å². The fourth-order valence-corrected chi connectivity index (χ4v) is 4.38. The van der Waals surface area contributed by atoms with Gasteiger partial charge in [-0.3, -0.25) is 4.79 Å². The normalized spacial score (nSPS) is 12.0. The van der Waals surface area contributed by atoms with Crippen LogP contribution in [0.15, 0.2) is 52.7 Å². The van der Waals surface area contributed by atoms with Gasteiger partial charge < -0.3 is 5.32 Å². The molecule has 7 heteroatoms. The van der Waals surface area contributed by atoms with Crippen LogP contribution in [0, 0.1) is 0 Å². The highest BCUT2D eigenvalue weighted by atomic mass is 32.2. The topological polar surface area (TPSA) is 66.5 Å². The third-order valence-corrected chi connectivity index (χ3v) is 6.61. The zero-order chi connectivity index (χ0) is 18.3. The maximum absolute atomic E-state index is 12.4. The van der Waals surface area contributed by atoms with E-state index in [1.54, 1.807) is 41.7 Å². The molecular formula is C18H22N2O3S2. The average molecular weight is 379 g/mol. The molecule has 1 aromatic carbocycles. The summed E-state index contributed by atoms with van der Waals surface area (Å²) in [6.45, 7) is 5.00. The Morgan fingerprint density at radius 1 is 1.16 bits per heavy atom. The molecule has 0 saturated carbocycles. The molecule has 1 aromatic heterocycles. The lowest BCUT2D eigenvalue weighted by Gasteiger charge is -2.18. The summed E-state index contributed by atoms with van der Waals surface area (Å²) in [7, 11) is -3.45. The van der Waals surface area contributed by atoms with E-state index in [2.05, 4.69) is 5.32 Å². The number of carbonyl (C=O) groups excluding carboxylic acids is 1. The van der Waals surface area contributed by atoms with Crippen molar-refractivity contribution in [1.29, 1.82) is 0 Å². The van der Waals surface area contributed by atoms with Crippen LogP contribution in [0.4, 0.5) is 0 Å². The quantitative estimate of drug-likeness (QED) is 0.718. The lowest BCUT2D eigenvalue weighted by atomic mass is 10.2. The minimum atomic E-state index is -3.45. The van der Waals surface area contributed by atoms with Crippen LogP contribution in [0.3, 0.4) is 0 Å². The molecule has 0 saturated heterocycles. The Morgan fingerprint density at radius 3 is 2.40 bits per heavy atom. The Labute approximate surface area is 153 Å². The molecule has 134 valence electrons. The lowest BCUT2D eigenvalue weighted by molar-refractivity contribution is -0.116. The largest absolute Gasteiger partial charge is 0.348 e. The molecule has 0 bridgehead atoms. The van der Waals surface area contributed by atoms with Gasteiger partial charge in [0.15, 0.2) is 0 Å². The predicted molar refractivity (Wildman–Crippen MR) is 102 cm³/mol. The van der Waals surface area contributed by atoms with E-state index in [-0.39, 0.29) is 10.8 Å². The van der Waals surface area contributed by atoms with Gasteiger partial charge in [0.2, 0.25) is 15.9 Å². The van der Waals surface area contributed by atoms with Crippen molar-refractivity contribution in [3.8, 4) is 0 Å². The van der Waals surface area contributed by atoms with Crippen molar-refractivity contribution in [1.82, 2.24) is 9.62 Å². The fourth-order valence-electron chi connectivity index (χ4n) is 2.28. The van der Waals surface area contributed by atoms with Crippen LogP contribution in [0.2, 0.25) is 0 Å². The van der Waals surface area contributed by atoms with Crippen molar-refractivity contribution in [3.05, 3.63) is 58.3 Å². The van der Waals surface area contributed by atoms with Gasteiger partial charge >= 0.3 is 0 Å². The van der Waals surface area contributed by atoms with Crippen LogP contribution < -0.4 is 5.32 Å². The van der Waals surface area contributed by atoms with E-state index in [0.717, 1.165) is 10.4 Å². The van der Waals surface area contributed by atoms with Gasteiger partial charge in [-0.2, -0.15) is 4.31 Å². The maximum atomic E-state index is 12.4. The maximum Gasteiger partial charge on any atom is 0.244 e. The number of thiophene rings is 1. The van der Waals surface area contributed by atoms with E-state index >= 15 is 0 Å². The van der Waals surface area contributed by atoms with E-state index in [0.29, 0.717) is 19.6 Å². The average Bonchev–Trinajstić information content (AvgIpc) is 3.13. The summed E-state index contributed by atoms with van der Waals surface area (Å²) >= 11 is 1.59. The van der Waals surface area contributed by atoms with Gasteiger partial charge in [0.1, 0.15) is 0 Å². The fraction of sp³-hybridized carbons (Fsp3) is 0.278. The number of hydrogen-bond acceptors (Lipinski definition) is 4. The van der Waals surface area contributed by atoms with Crippen molar-refractivity contribution in [2.45, 2.75) is 25.3 Å². The first kappa shape index (κ1) is 19.4. The zero-order valence-corrected chi connectivity index (χ0v) is 15.9. The minimum absolute atomic E-state index is 0.187. The number of carbonyl (C=O) groups is 1. The SMILES string of the molecule is CCN(CC)S(=O)(=O)c1ccc(/C=C/C(=O)NCc2cccs2)cc1. The number of rotatable bonds is 8. The minimum Gasteiger partial charge on any atom is -0.348 e. The van der Waals surface area contributed by atoms with Gasteiger partial charge in [0, 0.05) is 24.0 Å². The molecule has 1 heterocycles. The second-order valence-corrected chi connectivity index (χ2v) is 8.26. The molecule has 0 radical (unpaired) electrons. The zero-order valence-electron chi connectivity index (χ0n) is 14.3. The van der Waals surface area contributed by atoms with Crippen molar-refractivity contribution < 1.29 is 13.2 Å². The van der Waals surface area contributed by atoms with Crippen LogP contribution in [0.5, 0.6) is 0 Å². The monoisotopic (exact) mass is 378 g/mol. The lowest BCUT2D eigenvalue weighted by Crippen LogP contribution is -2.30. The van der Waals surface area contributed by atoms with Crippen LogP contribution in [0.25, 0.3) is 6.08 Å². The molecular weight excluding hydrogens is 356 g/mol. The van der Waals surface area contributed by atoms with E-state index in [1.807, 2.05) is 31.4 Å². The van der Waals surface area contributed by atoms with Crippen molar-refractivity contribution >= 4 is 33.3 Å². The summed E-state index contributed by atoms with van der Waals surface area (Å²) < 4.78 is 26.2. The molecule has 0 spiro atoms. The standard InChI is InChI=1S/C18H22N2O3S2/c1-3-20(4-2)25(22,23)17-10-7-15(8-11-17)9-12-18(21)19-14-16-6-5-13-24-16/h5-13H,3-4,14H2,1-2H3,(H,19,21)/b12-9+. The molecule has 1 N–H and O–H groups in total. The molecule has 0 unspecified atom stereocenters. The van der Waals surface area contributed by atoms with Gasteiger partial charge in [0.25, 0.3) is 0 Å². The number of amides is 1. The molecule has 0 fully saturated rings. The first-order chi connectivity index (χ1) is 12.0. The number of nitrogens with zero attached hydrogens (tertiary/aromatic N) is 1. The molecule has 0 atom stereocenters.